The smallest absolute Gasteiger partial charge is 0.115 e. The predicted octanol–water partition coefficient (Wildman–Crippen LogP) is 1.76. The third-order valence-electron chi connectivity index (χ3n) is 1.98. The van der Waals surface area contributed by atoms with Crippen molar-refractivity contribution in [2.45, 2.75) is 6.42 Å². The summed E-state index contributed by atoms with van der Waals surface area (Å²) in [6.07, 6.45) is 1.12. The van der Waals surface area contributed by atoms with Gasteiger partial charge in [0.2, 0.25) is 0 Å². The van der Waals surface area contributed by atoms with Gasteiger partial charge in [0.05, 0.1) is 0 Å². The Labute approximate surface area is 85.4 Å². The summed E-state index contributed by atoms with van der Waals surface area (Å²) < 4.78 is 0. The summed E-state index contributed by atoms with van der Waals surface area (Å²) in [5.41, 5.74) is 1.06. The minimum absolute atomic E-state index is 0.309. The molecular weight excluding hydrogens is 176 g/mol. The molecule has 3 nitrogen and oxygen atoms in total. The van der Waals surface area contributed by atoms with Crippen LogP contribution in [0, 0.1) is 0 Å². The summed E-state index contributed by atoms with van der Waals surface area (Å²) in [5.74, 6) is 0.309. The summed E-state index contributed by atoms with van der Waals surface area (Å²) in [4.78, 5) is 2.17. The highest BCUT2D eigenvalue weighted by Crippen LogP contribution is 2.13. The van der Waals surface area contributed by atoms with Crippen LogP contribution in [0.3, 0.4) is 0 Å². The van der Waals surface area contributed by atoms with Crippen LogP contribution in [-0.4, -0.2) is 37.2 Å². The second kappa shape index (κ2) is 5.50. The molecule has 3 heteroatoms. The number of nitrogens with zero attached hydrogens (tertiary/aromatic N) is 1. The Morgan fingerprint density at radius 2 is 1.86 bits per heavy atom. The maximum absolute atomic E-state index is 9.07. The molecule has 0 fully saturated rings. The third-order valence-corrected chi connectivity index (χ3v) is 1.98. The van der Waals surface area contributed by atoms with E-state index in [2.05, 4.69) is 24.3 Å². The molecule has 0 heterocycles. The maximum Gasteiger partial charge on any atom is 0.115 e. The molecule has 1 rings (SSSR count). The molecule has 78 valence electrons. The Morgan fingerprint density at radius 1 is 1.21 bits per heavy atom. The van der Waals surface area contributed by atoms with Crippen LogP contribution in [0.25, 0.3) is 0 Å². The first-order chi connectivity index (χ1) is 6.68. The zero-order chi connectivity index (χ0) is 10.4. The average molecular weight is 194 g/mol. The van der Waals surface area contributed by atoms with Gasteiger partial charge in [-0.3, -0.25) is 0 Å². The van der Waals surface area contributed by atoms with Gasteiger partial charge in [-0.15, -0.1) is 0 Å². The molecule has 0 radical (unpaired) electrons. The largest absolute Gasteiger partial charge is 0.508 e. The Morgan fingerprint density at radius 3 is 2.43 bits per heavy atom. The van der Waals surface area contributed by atoms with Crippen molar-refractivity contribution in [3.63, 3.8) is 0 Å². The summed E-state index contributed by atoms with van der Waals surface area (Å²) in [7, 11) is 4.14. The maximum atomic E-state index is 9.07. The van der Waals surface area contributed by atoms with Crippen molar-refractivity contribution in [3.05, 3.63) is 24.3 Å². The zero-order valence-corrected chi connectivity index (χ0v) is 8.83. The number of hydrogen-bond donors (Lipinski definition) is 2. The van der Waals surface area contributed by atoms with Crippen LogP contribution < -0.4 is 5.32 Å². The van der Waals surface area contributed by atoms with E-state index in [1.54, 1.807) is 12.1 Å². The molecule has 0 aromatic heterocycles. The fraction of sp³-hybridized carbons (Fsp3) is 0.455. The second-order valence-corrected chi connectivity index (χ2v) is 3.63. The molecule has 0 aliphatic rings. The first kappa shape index (κ1) is 10.9. The molecule has 0 saturated carbocycles. The predicted molar refractivity (Wildman–Crippen MR) is 59.8 cm³/mol. The number of hydrogen-bond acceptors (Lipinski definition) is 3. The molecule has 2 N–H and O–H groups in total. The van der Waals surface area contributed by atoms with E-state index in [9.17, 15) is 0 Å². The van der Waals surface area contributed by atoms with Crippen molar-refractivity contribution in [1.29, 1.82) is 0 Å². The number of rotatable bonds is 5. The van der Waals surface area contributed by atoms with Gasteiger partial charge in [-0.2, -0.15) is 0 Å². The van der Waals surface area contributed by atoms with E-state index >= 15 is 0 Å². The molecular formula is C11H18N2O. The topological polar surface area (TPSA) is 35.5 Å². The van der Waals surface area contributed by atoms with Crippen molar-refractivity contribution in [2.24, 2.45) is 0 Å². The lowest BCUT2D eigenvalue weighted by molar-refractivity contribution is 0.405. The summed E-state index contributed by atoms with van der Waals surface area (Å²) in [6, 6.07) is 7.14. The molecule has 14 heavy (non-hydrogen) atoms. The van der Waals surface area contributed by atoms with Gasteiger partial charge in [-0.05, 0) is 51.3 Å². The highest BCUT2D eigenvalue weighted by molar-refractivity contribution is 5.45. The van der Waals surface area contributed by atoms with Crippen LogP contribution in [0.5, 0.6) is 5.75 Å². The van der Waals surface area contributed by atoms with Crippen LogP contribution in [0.1, 0.15) is 6.42 Å². The molecule has 0 aliphatic carbocycles. The van der Waals surface area contributed by atoms with Crippen LogP contribution in [0.2, 0.25) is 0 Å². The first-order valence-electron chi connectivity index (χ1n) is 4.86. The Bertz CT molecular complexity index is 256. The first-order valence-corrected chi connectivity index (χ1v) is 4.86. The standard InChI is InChI=1S/C11H18N2O/c1-13(2)9-3-8-12-10-4-6-11(14)7-5-10/h4-7,12,14H,3,8-9H2,1-2H3. The normalized spacial score (nSPS) is 10.5. The Kier molecular flexibility index (Phi) is 4.26. The van der Waals surface area contributed by atoms with Crippen molar-refractivity contribution < 1.29 is 5.11 Å². The van der Waals surface area contributed by atoms with Crippen LogP contribution in [-0.2, 0) is 0 Å². The lowest BCUT2D eigenvalue weighted by atomic mass is 10.3. The van der Waals surface area contributed by atoms with Gasteiger partial charge < -0.3 is 15.3 Å². The monoisotopic (exact) mass is 194 g/mol. The summed E-state index contributed by atoms with van der Waals surface area (Å²) in [6.45, 7) is 2.05. The minimum atomic E-state index is 0.309. The van der Waals surface area contributed by atoms with E-state index in [0.29, 0.717) is 5.75 Å². The summed E-state index contributed by atoms with van der Waals surface area (Å²) in [5, 5.41) is 12.4. The van der Waals surface area contributed by atoms with Gasteiger partial charge in [-0.1, -0.05) is 0 Å². The van der Waals surface area contributed by atoms with Gasteiger partial charge in [0.15, 0.2) is 0 Å². The highest BCUT2D eigenvalue weighted by Gasteiger charge is 1.93. The fourth-order valence-electron chi connectivity index (χ4n) is 1.21. The van der Waals surface area contributed by atoms with Crippen molar-refractivity contribution in [1.82, 2.24) is 4.90 Å². The van der Waals surface area contributed by atoms with Gasteiger partial charge in [0, 0.05) is 12.2 Å². The molecule has 0 atom stereocenters. The van der Waals surface area contributed by atoms with E-state index in [1.807, 2.05) is 12.1 Å². The summed E-state index contributed by atoms with van der Waals surface area (Å²) >= 11 is 0. The SMILES string of the molecule is CN(C)CCCNc1ccc(O)cc1. The lowest BCUT2D eigenvalue weighted by Crippen LogP contribution is -2.16. The van der Waals surface area contributed by atoms with E-state index < -0.39 is 0 Å². The quantitative estimate of drug-likeness (QED) is 0.554. The van der Waals surface area contributed by atoms with Gasteiger partial charge >= 0.3 is 0 Å². The molecule has 0 unspecified atom stereocenters. The van der Waals surface area contributed by atoms with Gasteiger partial charge in [-0.25, -0.2) is 0 Å². The van der Waals surface area contributed by atoms with E-state index in [4.69, 9.17) is 5.11 Å². The molecule has 1 aromatic rings. The number of phenols is 1. The number of nitrogens with one attached hydrogen (secondary N) is 1. The van der Waals surface area contributed by atoms with Crippen LogP contribution in [0.4, 0.5) is 5.69 Å². The Hall–Kier alpha value is -1.22. The number of benzene rings is 1. The van der Waals surface area contributed by atoms with Crippen molar-refractivity contribution in [2.75, 3.05) is 32.5 Å². The van der Waals surface area contributed by atoms with Crippen molar-refractivity contribution >= 4 is 5.69 Å². The zero-order valence-electron chi connectivity index (χ0n) is 8.83. The number of anilines is 1. The van der Waals surface area contributed by atoms with Crippen LogP contribution >= 0.6 is 0 Å². The van der Waals surface area contributed by atoms with Gasteiger partial charge in [0.25, 0.3) is 0 Å². The number of phenolic OH excluding ortho intramolecular Hbond substituents is 1. The average Bonchev–Trinajstić information content (AvgIpc) is 2.15. The molecule has 0 amide bonds. The van der Waals surface area contributed by atoms with E-state index in [0.717, 1.165) is 25.2 Å². The van der Waals surface area contributed by atoms with Crippen LogP contribution in [0.15, 0.2) is 24.3 Å². The van der Waals surface area contributed by atoms with Gasteiger partial charge in [0.1, 0.15) is 5.75 Å². The molecule has 0 aliphatic heterocycles. The molecule has 1 aromatic carbocycles. The Balaban J connectivity index is 2.21. The van der Waals surface area contributed by atoms with Crippen molar-refractivity contribution in [3.8, 4) is 5.75 Å². The molecule has 0 bridgehead atoms. The third kappa shape index (κ3) is 4.14. The van der Waals surface area contributed by atoms with E-state index in [1.165, 1.54) is 0 Å². The minimum Gasteiger partial charge on any atom is -0.508 e. The molecule has 0 spiro atoms. The fourth-order valence-corrected chi connectivity index (χ4v) is 1.21. The lowest BCUT2D eigenvalue weighted by Gasteiger charge is -2.10. The molecule has 0 saturated heterocycles. The number of aromatic hydroxyl groups is 1. The second-order valence-electron chi connectivity index (χ2n) is 3.63. The highest BCUT2D eigenvalue weighted by atomic mass is 16.3. The van der Waals surface area contributed by atoms with E-state index in [-0.39, 0.29) is 0 Å².